The average Bonchev–Trinajstić information content (AvgIpc) is 2.71. The van der Waals surface area contributed by atoms with Crippen LogP contribution in [-0.4, -0.2) is 30.3 Å². The fraction of sp³-hybridized carbons (Fsp3) is 0.286. The molecule has 2 N–H and O–H groups in total. The third kappa shape index (κ3) is 3.30. The molecule has 0 bridgehead atoms. The fourth-order valence-electron chi connectivity index (χ4n) is 1.91. The van der Waals surface area contributed by atoms with E-state index in [0.717, 1.165) is 22.8 Å². The number of rotatable bonds is 3. The van der Waals surface area contributed by atoms with E-state index in [1.165, 1.54) is 11.8 Å². The Morgan fingerprint density at radius 2 is 1.95 bits per heavy atom. The van der Waals surface area contributed by atoms with Gasteiger partial charge in [-0.05, 0) is 18.2 Å². The minimum Gasteiger partial charge on any atom is -0.490 e. The zero-order chi connectivity index (χ0) is 14.7. The molecular formula is C14H15N3O3S. The third-order valence-electron chi connectivity index (χ3n) is 2.85. The highest BCUT2D eigenvalue weighted by atomic mass is 32.2. The fourth-order valence-corrected chi connectivity index (χ4v) is 2.75. The first kappa shape index (κ1) is 13.8. The van der Waals surface area contributed by atoms with E-state index in [0.29, 0.717) is 24.1 Å². The highest BCUT2D eigenvalue weighted by Gasteiger charge is 2.12. The van der Waals surface area contributed by atoms with E-state index in [1.54, 1.807) is 13.2 Å². The first-order valence-corrected chi connectivity index (χ1v) is 7.32. The molecule has 3 rings (SSSR count). The Hall–Kier alpha value is -2.15. The maximum atomic E-state index is 5.67. The molecule has 6 nitrogen and oxygen atoms in total. The molecule has 0 atom stereocenters. The largest absolute Gasteiger partial charge is 0.490 e. The highest BCUT2D eigenvalue weighted by molar-refractivity contribution is 7.99. The summed E-state index contributed by atoms with van der Waals surface area (Å²) in [4.78, 5) is 9.13. The van der Waals surface area contributed by atoms with E-state index in [-0.39, 0.29) is 5.95 Å². The molecule has 0 fully saturated rings. The first-order chi connectivity index (χ1) is 10.2. The van der Waals surface area contributed by atoms with Crippen LogP contribution in [0.5, 0.6) is 17.4 Å². The molecule has 1 aliphatic rings. The summed E-state index contributed by atoms with van der Waals surface area (Å²) in [7, 11) is 1.55. The summed E-state index contributed by atoms with van der Waals surface area (Å²) < 4.78 is 16.4. The number of hydrogen-bond donors (Lipinski definition) is 1. The van der Waals surface area contributed by atoms with Gasteiger partial charge in [0.05, 0.1) is 20.3 Å². The Labute approximate surface area is 126 Å². The number of benzene rings is 1. The second-order valence-electron chi connectivity index (χ2n) is 4.37. The molecule has 0 saturated heterocycles. The summed E-state index contributed by atoms with van der Waals surface area (Å²) in [5.74, 6) is 2.16. The molecule has 2 heterocycles. The van der Waals surface area contributed by atoms with Crippen LogP contribution in [0.15, 0.2) is 34.2 Å². The van der Waals surface area contributed by atoms with Crippen LogP contribution in [0.25, 0.3) is 0 Å². The number of aromatic nitrogens is 2. The average molecular weight is 305 g/mol. The second-order valence-corrected chi connectivity index (χ2v) is 5.46. The zero-order valence-electron chi connectivity index (χ0n) is 11.5. The van der Waals surface area contributed by atoms with Crippen LogP contribution in [0.1, 0.15) is 6.42 Å². The predicted molar refractivity (Wildman–Crippen MR) is 79.2 cm³/mol. The van der Waals surface area contributed by atoms with Gasteiger partial charge in [0.25, 0.3) is 0 Å². The lowest BCUT2D eigenvalue weighted by Gasteiger charge is -2.09. The van der Waals surface area contributed by atoms with Gasteiger partial charge in [0, 0.05) is 17.4 Å². The number of fused-ring (bicyclic) bond motifs is 1. The van der Waals surface area contributed by atoms with Crippen LogP contribution in [0, 0.1) is 0 Å². The quantitative estimate of drug-likeness (QED) is 0.872. The predicted octanol–water partition coefficient (Wildman–Crippen LogP) is 2.38. The van der Waals surface area contributed by atoms with Crippen molar-refractivity contribution in [2.24, 2.45) is 0 Å². The monoisotopic (exact) mass is 305 g/mol. The summed E-state index contributed by atoms with van der Waals surface area (Å²) >= 11 is 1.46. The Kier molecular flexibility index (Phi) is 4.01. The summed E-state index contributed by atoms with van der Waals surface area (Å²) in [6.45, 7) is 1.34. The van der Waals surface area contributed by atoms with Crippen molar-refractivity contribution in [3.8, 4) is 17.4 Å². The summed E-state index contributed by atoms with van der Waals surface area (Å²) in [5.41, 5.74) is 5.66. The molecule has 21 heavy (non-hydrogen) atoms. The van der Waals surface area contributed by atoms with Crippen molar-refractivity contribution < 1.29 is 14.2 Å². The molecule has 0 unspecified atom stereocenters. The van der Waals surface area contributed by atoms with Crippen molar-refractivity contribution >= 4 is 17.7 Å². The summed E-state index contributed by atoms with van der Waals surface area (Å²) in [5, 5.41) is 0.717. The van der Waals surface area contributed by atoms with Crippen molar-refractivity contribution in [2.45, 2.75) is 16.3 Å². The topological polar surface area (TPSA) is 79.5 Å². The number of ether oxygens (including phenoxy) is 3. The van der Waals surface area contributed by atoms with E-state index in [1.807, 2.05) is 18.2 Å². The number of nitrogens with zero attached hydrogens (tertiary/aromatic N) is 2. The molecule has 110 valence electrons. The molecule has 0 aliphatic carbocycles. The van der Waals surface area contributed by atoms with Gasteiger partial charge < -0.3 is 19.9 Å². The van der Waals surface area contributed by atoms with Gasteiger partial charge in [0.1, 0.15) is 5.03 Å². The summed E-state index contributed by atoms with van der Waals surface area (Å²) in [6.07, 6.45) is 0.886. The maximum absolute atomic E-state index is 5.67. The van der Waals surface area contributed by atoms with Crippen LogP contribution in [-0.2, 0) is 0 Å². The smallest absolute Gasteiger partial charge is 0.224 e. The highest BCUT2D eigenvalue weighted by Crippen LogP contribution is 2.36. The number of anilines is 1. The number of nitrogen functional groups attached to an aromatic ring is 1. The van der Waals surface area contributed by atoms with E-state index < -0.39 is 0 Å². The lowest BCUT2D eigenvalue weighted by Crippen LogP contribution is -1.98. The van der Waals surface area contributed by atoms with Gasteiger partial charge in [-0.3, -0.25) is 0 Å². The van der Waals surface area contributed by atoms with Gasteiger partial charge >= 0.3 is 0 Å². The SMILES string of the molecule is COc1cc(Sc2ccc3c(c2)OCCCO3)nc(N)n1. The van der Waals surface area contributed by atoms with Gasteiger partial charge in [-0.25, -0.2) is 4.98 Å². The Balaban J connectivity index is 1.85. The van der Waals surface area contributed by atoms with Crippen molar-refractivity contribution in [2.75, 3.05) is 26.1 Å². The molecule has 1 aliphatic heterocycles. The normalized spacial score (nSPS) is 13.6. The van der Waals surface area contributed by atoms with Crippen molar-refractivity contribution in [1.29, 1.82) is 0 Å². The van der Waals surface area contributed by atoms with E-state index in [9.17, 15) is 0 Å². The van der Waals surface area contributed by atoms with Gasteiger partial charge in [-0.2, -0.15) is 4.98 Å². The minimum atomic E-state index is 0.186. The molecule has 0 amide bonds. The van der Waals surface area contributed by atoms with Crippen LogP contribution < -0.4 is 19.9 Å². The molecular weight excluding hydrogens is 290 g/mol. The standard InChI is InChI=1S/C14H15N3O3S/c1-18-12-8-13(17-14(15)16-12)21-9-3-4-10-11(7-9)20-6-2-5-19-10/h3-4,7-8H,2,5-6H2,1H3,(H2,15,16,17). The van der Waals surface area contributed by atoms with Gasteiger partial charge in [0.15, 0.2) is 11.5 Å². The molecule has 0 spiro atoms. The van der Waals surface area contributed by atoms with Gasteiger partial charge in [-0.1, -0.05) is 11.8 Å². The van der Waals surface area contributed by atoms with Crippen LogP contribution in [0.2, 0.25) is 0 Å². The number of nitrogens with two attached hydrogens (primary N) is 1. The Bertz CT molecular complexity index is 651. The maximum Gasteiger partial charge on any atom is 0.224 e. The number of methoxy groups -OCH3 is 1. The third-order valence-corrected chi connectivity index (χ3v) is 3.75. The molecule has 1 aromatic heterocycles. The number of hydrogen-bond acceptors (Lipinski definition) is 7. The molecule has 0 saturated carbocycles. The van der Waals surface area contributed by atoms with Gasteiger partial charge in [-0.15, -0.1) is 0 Å². The Morgan fingerprint density at radius 3 is 2.76 bits per heavy atom. The van der Waals surface area contributed by atoms with E-state index in [4.69, 9.17) is 19.9 Å². The zero-order valence-corrected chi connectivity index (χ0v) is 12.4. The summed E-state index contributed by atoms with van der Waals surface area (Å²) in [6, 6.07) is 7.55. The van der Waals surface area contributed by atoms with Gasteiger partial charge in [0.2, 0.25) is 11.8 Å². The van der Waals surface area contributed by atoms with Crippen LogP contribution >= 0.6 is 11.8 Å². The lowest BCUT2D eigenvalue weighted by molar-refractivity contribution is 0.297. The van der Waals surface area contributed by atoms with Crippen molar-refractivity contribution in [3.63, 3.8) is 0 Å². The Morgan fingerprint density at radius 1 is 1.14 bits per heavy atom. The van der Waals surface area contributed by atoms with E-state index >= 15 is 0 Å². The minimum absolute atomic E-state index is 0.186. The molecule has 0 radical (unpaired) electrons. The first-order valence-electron chi connectivity index (χ1n) is 6.50. The molecule has 1 aromatic carbocycles. The van der Waals surface area contributed by atoms with Crippen molar-refractivity contribution in [3.05, 3.63) is 24.3 Å². The van der Waals surface area contributed by atoms with Crippen LogP contribution in [0.3, 0.4) is 0 Å². The van der Waals surface area contributed by atoms with Crippen molar-refractivity contribution in [1.82, 2.24) is 9.97 Å². The lowest BCUT2D eigenvalue weighted by atomic mass is 10.3. The molecule has 7 heteroatoms. The van der Waals surface area contributed by atoms with E-state index in [2.05, 4.69) is 9.97 Å². The molecule has 2 aromatic rings. The second kappa shape index (κ2) is 6.09. The van der Waals surface area contributed by atoms with Crippen LogP contribution in [0.4, 0.5) is 5.95 Å².